The molecular formula is C23H20Cl2N2O3. The number of benzene rings is 3. The highest BCUT2D eigenvalue weighted by Gasteiger charge is 2.20. The Hall–Kier alpha value is -2.89. The van der Waals surface area contributed by atoms with E-state index >= 15 is 0 Å². The third kappa shape index (κ3) is 3.55. The van der Waals surface area contributed by atoms with Crippen molar-refractivity contribution in [1.29, 1.82) is 0 Å². The third-order valence-corrected chi connectivity index (χ3v) is 5.66. The molecule has 0 aliphatic heterocycles. The van der Waals surface area contributed by atoms with Gasteiger partial charge in [-0.1, -0.05) is 41.4 Å². The van der Waals surface area contributed by atoms with E-state index in [2.05, 4.69) is 4.57 Å². The van der Waals surface area contributed by atoms with Gasteiger partial charge in [0.2, 0.25) is 5.75 Å². The SMILES string of the molecule is COc1cc(-c2nc3ccccc3n2Cc2c(Cl)cccc2Cl)cc(OC)c1OC. The summed E-state index contributed by atoms with van der Waals surface area (Å²) < 4.78 is 18.6. The number of hydrogen-bond acceptors (Lipinski definition) is 4. The van der Waals surface area contributed by atoms with Crippen molar-refractivity contribution in [1.82, 2.24) is 9.55 Å². The zero-order chi connectivity index (χ0) is 21.3. The molecule has 4 rings (SSSR count). The molecule has 0 atom stereocenters. The lowest BCUT2D eigenvalue weighted by Gasteiger charge is -2.16. The van der Waals surface area contributed by atoms with E-state index in [0.29, 0.717) is 33.8 Å². The molecule has 3 aromatic carbocycles. The van der Waals surface area contributed by atoms with Crippen LogP contribution in [-0.4, -0.2) is 30.9 Å². The highest BCUT2D eigenvalue weighted by Crippen LogP contribution is 2.42. The van der Waals surface area contributed by atoms with Gasteiger partial charge in [-0.3, -0.25) is 0 Å². The molecule has 0 aliphatic carbocycles. The van der Waals surface area contributed by atoms with Gasteiger partial charge in [-0.2, -0.15) is 0 Å². The first kappa shape index (κ1) is 20.4. The number of imidazole rings is 1. The lowest BCUT2D eigenvalue weighted by atomic mass is 10.1. The van der Waals surface area contributed by atoms with Gasteiger partial charge in [-0.15, -0.1) is 0 Å². The van der Waals surface area contributed by atoms with E-state index in [1.165, 1.54) is 0 Å². The molecule has 0 N–H and O–H groups in total. The fraction of sp³-hybridized carbons (Fsp3) is 0.174. The first-order chi connectivity index (χ1) is 14.6. The van der Waals surface area contributed by atoms with Gasteiger partial charge in [0.25, 0.3) is 0 Å². The molecule has 0 saturated heterocycles. The summed E-state index contributed by atoms with van der Waals surface area (Å²) in [4.78, 5) is 4.87. The van der Waals surface area contributed by atoms with E-state index < -0.39 is 0 Å². The van der Waals surface area contributed by atoms with Gasteiger partial charge >= 0.3 is 0 Å². The van der Waals surface area contributed by atoms with Crippen LogP contribution in [0.3, 0.4) is 0 Å². The van der Waals surface area contributed by atoms with Crippen LogP contribution in [0.4, 0.5) is 0 Å². The van der Waals surface area contributed by atoms with Gasteiger partial charge < -0.3 is 18.8 Å². The molecule has 154 valence electrons. The molecule has 7 heteroatoms. The minimum absolute atomic E-state index is 0.463. The Labute approximate surface area is 184 Å². The fourth-order valence-electron chi connectivity index (χ4n) is 3.51. The molecule has 5 nitrogen and oxygen atoms in total. The van der Waals surface area contributed by atoms with Gasteiger partial charge in [-0.05, 0) is 36.4 Å². The first-order valence-corrected chi connectivity index (χ1v) is 10.0. The average Bonchev–Trinajstić information content (AvgIpc) is 3.13. The number of hydrogen-bond donors (Lipinski definition) is 0. The number of ether oxygens (including phenoxy) is 3. The van der Waals surface area contributed by atoms with E-state index in [9.17, 15) is 0 Å². The Balaban J connectivity index is 1.95. The van der Waals surface area contributed by atoms with E-state index in [1.54, 1.807) is 21.3 Å². The second-order valence-corrected chi connectivity index (χ2v) is 7.44. The summed E-state index contributed by atoms with van der Waals surface area (Å²) in [5, 5.41) is 1.22. The molecule has 0 fully saturated rings. The Morgan fingerprint density at radius 3 is 2.07 bits per heavy atom. The Bertz CT molecular complexity index is 1180. The summed E-state index contributed by atoms with van der Waals surface area (Å²) in [6.45, 7) is 0.463. The molecule has 0 spiro atoms. The number of methoxy groups -OCH3 is 3. The topological polar surface area (TPSA) is 45.5 Å². The first-order valence-electron chi connectivity index (χ1n) is 9.26. The van der Waals surface area contributed by atoms with Crippen molar-refractivity contribution in [3.8, 4) is 28.6 Å². The smallest absolute Gasteiger partial charge is 0.203 e. The second-order valence-electron chi connectivity index (χ2n) is 6.62. The van der Waals surface area contributed by atoms with Crippen molar-refractivity contribution in [3.05, 3.63) is 70.2 Å². The summed E-state index contributed by atoms with van der Waals surface area (Å²) in [5.74, 6) is 2.38. The molecular weight excluding hydrogens is 423 g/mol. The summed E-state index contributed by atoms with van der Waals surface area (Å²) >= 11 is 12.9. The molecule has 0 aliphatic rings. The van der Waals surface area contributed by atoms with Gasteiger partial charge in [0, 0.05) is 21.2 Å². The maximum absolute atomic E-state index is 6.46. The van der Waals surface area contributed by atoms with E-state index in [-0.39, 0.29) is 0 Å². The van der Waals surface area contributed by atoms with E-state index in [4.69, 9.17) is 42.4 Å². The van der Waals surface area contributed by atoms with E-state index in [0.717, 1.165) is 28.0 Å². The van der Waals surface area contributed by atoms with Crippen LogP contribution in [0.2, 0.25) is 10.0 Å². The lowest BCUT2D eigenvalue weighted by Crippen LogP contribution is -2.04. The minimum atomic E-state index is 0.463. The number of aromatic nitrogens is 2. The fourth-order valence-corrected chi connectivity index (χ4v) is 4.02. The van der Waals surface area contributed by atoms with Crippen molar-refractivity contribution < 1.29 is 14.2 Å². The molecule has 0 saturated carbocycles. The quantitative estimate of drug-likeness (QED) is 0.362. The number of para-hydroxylation sites is 2. The zero-order valence-electron chi connectivity index (χ0n) is 16.8. The zero-order valence-corrected chi connectivity index (χ0v) is 18.3. The normalized spacial score (nSPS) is 11.0. The molecule has 1 aromatic heterocycles. The molecule has 30 heavy (non-hydrogen) atoms. The van der Waals surface area contributed by atoms with Crippen LogP contribution in [0.5, 0.6) is 17.2 Å². The number of halogens is 2. The van der Waals surface area contributed by atoms with Crippen LogP contribution in [0.15, 0.2) is 54.6 Å². The van der Waals surface area contributed by atoms with Crippen LogP contribution in [-0.2, 0) is 6.54 Å². The van der Waals surface area contributed by atoms with Crippen LogP contribution in [0, 0.1) is 0 Å². The van der Waals surface area contributed by atoms with Gasteiger partial charge in [0.15, 0.2) is 11.5 Å². The highest BCUT2D eigenvalue weighted by molar-refractivity contribution is 6.36. The largest absolute Gasteiger partial charge is 0.493 e. The molecule has 0 amide bonds. The third-order valence-electron chi connectivity index (χ3n) is 4.96. The second kappa shape index (κ2) is 8.46. The van der Waals surface area contributed by atoms with Gasteiger partial charge in [0.1, 0.15) is 5.82 Å². The molecule has 0 bridgehead atoms. The van der Waals surface area contributed by atoms with Crippen molar-refractivity contribution >= 4 is 34.2 Å². The number of fused-ring (bicyclic) bond motifs is 1. The van der Waals surface area contributed by atoms with Crippen molar-refractivity contribution in [2.75, 3.05) is 21.3 Å². The monoisotopic (exact) mass is 442 g/mol. The minimum Gasteiger partial charge on any atom is -0.493 e. The summed E-state index contributed by atoms with van der Waals surface area (Å²) in [6.07, 6.45) is 0. The molecule has 1 heterocycles. The molecule has 4 aromatic rings. The van der Waals surface area contributed by atoms with Crippen molar-refractivity contribution in [3.63, 3.8) is 0 Å². The highest BCUT2D eigenvalue weighted by atomic mass is 35.5. The Morgan fingerprint density at radius 2 is 1.47 bits per heavy atom. The van der Waals surface area contributed by atoms with Crippen LogP contribution in [0.25, 0.3) is 22.4 Å². The number of rotatable bonds is 6. The molecule has 0 radical (unpaired) electrons. The summed E-state index contributed by atoms with van der Waals surface area (Å²) in [5.41, 5.74) is 3.49. The van der Waals surface area contributed by atoms with E-state index in [1.807, 2.05) is 54.6 Å². The van der Waals surface area contributed by atoms with Crippen molar-refractivity contribution in [2.24, 2.45) is 0 Å². The van der Waals surface area contributed by atoms with Crippen LogP contribution >= 0.6 is 23.2 Å². The van der Waals surface area contributed by atoms with Crippen LogP contribution in [0.1, 0.15) is 5.56 Å². The predicted octanol–water partition coefficient (Wildman–Crippen LogP) is 6.08. The maximum atomic E-state index is 6.46. The Morgan fingerprint density at radius 1 is 0.833 bits per heavy atom. The lowest BCUT2D eigenvalue weighted by molar-refractivity contribution is 0.324. The average molecular weight is 443 g/mol. The van der Waals surface area contributed by atoms with Gasteiger partial charge in [0.05, 0.1) is 38.9 Å². The maximum Gasteiger partial charge on any atom is 0.203 e. The standard InChI is InChI=1S/C23H20Cl2N2O3/c1-28-20-11-14(12-21(29-2)22(20)30-3)23-26-18-9-4-5-10-19(18)27(23)13-15-16(24)7-6-8-17(15)25/h4-12H,13H2,1-3H3. The van der Waals surface area contributed by atoms with Gasteiger partial charge in [-0.25, -0.2) is 4.98 Å². The van der Waals surface area contributed by atoms with Crippen LogP contribution < -0.4 is 14.2 Å². The van der Waals surface area contributed by atoms with Crippen molar-refractivity contribution in [2.45, 2.75) is 6.54 Å². The summed E-state index contributed by atoms with van der Waals surface area (Å²) in [6, 6.07) is 17.2. The Kier molecular flexibility index (Phi) is 5.75. The number of nitrogens with zero attached hydrogens (tertiary/aromatic N) is 2. The molecule has 0 unspecified atom stereocenters. The summed E-state index contributed by atoms with van der Waals surface area (Å²) in [7, 11) is 4.76. The predicted molar refractivity (Wildman–Crippen MR) is 120 cm³/mol.